The maximum absolute atomic E-state index is 12.1. The molecule has 1 rings (SSSR count). The van der Waals surface area contributed by atoms with Gasteiger partial charge in [-0.2, -0.15) is 4.79 Å². The topological polar surface area (TPSA) is 122 Å². The Balaban J connectivity index is 2.77. The summed E-state index contributed by atoms with van der Waals surface area (Å²) in [4.78, 5) is 42.0. The van der Waals surface area contributed by atoms with E-state index in [0.29, 0.717) is 0 Å². The Kier molecular flexibility index (Phi) is 7.29. The Hall–Kier alpha value is -2.86. The van der Waals surface area contributed by atoms with Crippen LogP contribution >= 0.6 is 0 Å². The molecule has 1 heterocycles. The van der Waals surface area contributed by atoms with E-state index in [9.17, 15) is 14.4 Å². The van der Waals surface area contributed by atoms with Crippen LogP contribution in [0.25, 0.3) is 5.53 Å². The predicted octanol–water partition coefficient (Wildman–Crippen LogP) is 0.781. The van der Waals surface area contributed by atoms with Gasteiger partial charge in [0.2, 0.25) is 5.78 Å². The number of ether oxygens (including phenoxy) is 1. The van der Waals surface area contributed by atoms with E-state index in [4.69, 9.17) is 10.3 Å². The first-order valence-corrected chi connectivity index (χ1v) is 7.05. The zero-order valence-corrected chi connectivity index (χ0v) is 12.9. The first-order valence-electron chi connectivity index (χ1n) is 7.05. The highest BCUT2D eigenvalue weighted by Crippen LogP contribution is 2.05. The van der Waals surface area contributed by atoms with Crippen LogP contribution < -0.4 is 5.32 Å². The third kappa shape index (κ3) is 6.62. The van der Waals surface area contributed by atoms with Crippen LogP contribution in [-0.4, -0.2) is 45.8 Å². The van der Waals surface area contributed by atoms with Crippen LogP contribution in [0.3, 0.4) is 0 Å². The molecule has 8 heteroatoms. The molecular weight excluding hydrogens is 300 g/mol. The zero-order chi connectivity index (χ0) is 17.2. The third-order valence-electron chi connectivity index (χ3n) is 2.75. The lowest BCUT2D eigenvalue weighted by Crippen LogP contribution is -2.43. The number of aromatic nitrogens is 1. The maximum atomic E-state index is 12.1. The molecule has 0 aliphatic rings. The summed E-state index contributed by atoms with van der Waals surface area (Å²) in [5, 5.41) is 2.52. The van der Waals surface area contributed by atoms with Gasteiger partial charge in [0, 0.05) is 18.8 Å². The minimum absolute atomic E-state index is 0.0302. The molecule has 0 aromatic carbocycles. The van der Waals surface area contributed by atoms with Crippen molar-refractivity contribution in [2.75, 3.05) is 0 Å². The van der Waals surface area contributed by atoms with Crippen LogP contribution in [0, 0.1) is 0 Å². The number of pyridine rings is 1. The van der Waals surface area contributed by atoms with Crippen molar-refractivity contribution in [1.82, 2.24) is 10.3 Å². The average Bonchev–Trinajstić information content (AvgIpc) is 2.51. The smallest absolute Gasteiger partial charge is 0.328 e. The average molecular weight is 318 g/mol. The number of hydrogen-bond acceptors (Lipinski definition) is 5. The van der Waals surface area contributed by atoms with Gasteiger partial charge in [-0.05, 0) is 32.4 Å². The minimum atomic E-state index is -0.985. The fourth-order valence-electron chi connectivity index (χ4n) is 1.72. The number of nitrogens with zero attached hydrogens (tertiary/aromatic N) is 3. The van der Waals surface area contributed by atoms with Gasteiger partial charge in [-0.15, -0.1) is 0 Å². The van der Waals surface area contributed by atoms with Crippen molar-refractivity contribution in [3.63, 3.8) is 0 Å². The quantitative estimate of drug-likeness (QED) is 0.328. The number of amides is 1. The lowest BCUT2D eigenvalue weighted by Gasteiger charge is -2.18. The fraction of sp³-hybridized carbons (Fsp3) is 0.400. The molecule has 0 saturated carbocycles. The normalized spacial score (nSPS) is 11.3. The molecule has 1 amide bonds. The molecule has 0 aliphatic heterocycles. The van der Waals surface area contributed by atoms with Crippen LogP contribution in [0.2, 0.25) is 0 Å². The summed E-state index contributed by atoms with van der Waals surface area (Å²) in [5.41, 5.74) is 8.59. The van der Waals surface area contributed by atoms with E-state index in [1.807, 2.05) is 0 Å². The summed E-state index contributed by atoms with van der Waals surface area (Å²) in [6, 6.07) is 2.16. The SMILES string of the molecule is CC(C)OC(=O)[C@H](CCC(=O)C=[N+]=[N-])NC(=O)c1cccnc1. The van der Waals surface area contributed by atoms with Gasteiger partial charge in [-0.3, -0.25) is 14.6 Å². The standard InChI is InChI=1S/C15H18N4O4/c1-10(2)23-15(22)13(6-5-12(20)9-18-16)19-14(21)11-4-3-7-17-8-11/h3-4,7-10,13H,5-6H2,1-2H3,(H,19,21)/t13-/m0/s1. The van der Waals surface area contributed by atoms with Gasteiger partial charge in [-0.25, -0.2) is 4.79 Å². The van der Waals surface area contributed by atoms with E-state index in [0.717, 1.165) is 6.21 Å². The number of rotatable bonds is 8. The van der Waals surface area contributed by atoms with Crippen molar-refractivity contribution in [2.45, 2.75) is 38.8 Å². The predicted molar refractivity (Wildman–Crippen MR) is 80.6 cm³/mol. The lowest BCUT2D eigenvalue weighted by molar-refractivity contribution is -0.149. The minimum Gasteiger partial charge on any atom is -0.461 e. The molecule has 0 radical (unpaired) electrons. The molecule has 0 saturated heterocycles. The molecule has 23 heavy (non-hydrogen) atoms. The van der Waals surface area contributed by atoms with Crippen LogP contribution in [0.1, 0.15) is 37.0 Å². The van der Waals surface area contributed by atoms with Crippen molar-refractivity contribution in [3.8, 4) is 0 Å². The van der Waals surface area contributed by atoms with Gasteiger partial charge in [0.25, 0.3) is 5.91 Å². The van der Waals surface area contributed by atoms with Gasteiger partial charge < -0.3 is 15.6 Å². The summed E-state index contributed by atoms with van der Waals surface area (Å²) >= 11 is 0. The summed E-state index contributed by atoms with van der Waals surface area (Å²) in [5.74, 6) is -1.59. The van der Waals surface area contributed by atoms with Gasteiger partial charge >= 0.3 is 12.2 Å². The van der Waals surface area contributed by atoms with Crippen molar-refractivity contribution >= 4 is 23.9 Å². The van der Waals surface area contributed by atoms with Crippen LogP contribution in [-0.2, 0) is 14.3 Å². The Morgan fingerprint density at radius 2 is 2.17 bits per heavy atom. The number of ketones is 1. The van der Waals surface area contributed by atoms with E-state index in [1.54, 1.807) is 26.0 Å². The second kappa shape index (κ2) is 9.22. The molecule has 122 valence electrons. The summed E-state index contributed by atoms with van der Waals surface area (Å²) in [6.45, 7) is 3.36. The van der Waals surface area contributed by atoms with E-state index in [1.165, 1.54) is 12.4 Å². The number of esters is 1. The van der Waals surface area contributed by atoms with Crippen molar-refractivity contribution < 1.29 is 23.9 Å². The first-order chi connectivity index (χ1) is 10.9. The Bertz CT molecular complexity index is 609. The van der Waals surface area contributed by atoms with Gasteiger partial charge in [0.15, 0.2) is 0 Å². The van der Waals surface area contributed by atoms with Gasteiger partial charge in [0.1, 0.15) is 6.04 Å². The second-order valence-corrected chi connectivity index (χ2v) is 5.00. The summed E-state index contributed by atoms with van der Waals surface area (Å²) < 4.78 is 5.08. The first kappa shape index (κ1) is 18.2. The Labute approximate surface area is 133 Å². The van der Waals surface area contributed by atoms with Crippen molar-refractivity contribution in [1.29, 1.82) is 0 Å². The highest BCUT2D eigenvalue weighted by molar-refractivity contribution is 6.25. The maximum Gasteiger partial charge on any atom is 0.328 e. The molecule has 0 bridgehead atoms. The monoisotopic (exact) mass is 318 g/mol. The van der Waals surface area contributed by atoms with E-state index in [-0.39, 0.29) is 24.5 Å². The molecule has 0 spiro atoms. The molecule has 1 N–H and O–H groups in total. The number of Topliss-reactive ketones (excluding diaryl/α,β-unsaturated/α-hetero) is 1. The number of carbonyl (C=O) groups is 3. The number of nitrogens with one attached hydrogen (secondary N) is 1. The van der Waals surface area contributed by atoms with Crippen molar-refractivity contribution in [2.24, 2.45) is 0 Å². The third-order valence-corrected chi connectivity index (χ3v) is 2.75. The van der Waals surface area contributed by atoms with Crippen molar-refractivity contribution in [3.05, 3.63) is 35.6 Å². The van der Waals surface area contributed by atoms with Crippen LogP contribution in [0.15, 0.2) is 24.5 Å². The largest absolute Gasteiger partial charge is 0.461 e. The number of hydrogen-bond donors (Lipinski definition) is 1. The molecule has 0 aliphatic carbocycles. The summed E-state index contributed by atoms with van der Waals surface area (Å²) in [7, 11) is 0. The van der Waals surface area contributed by atoms with Crippen LogP contribution in [0.4, 0.5) is 0 Å². The Morgan fingerprint density at radius 1 is 1.43 bits per heavy atom. The molecule has 1 aromatic heterocycles. The summed E-state index contributed by atoms with van der Waals surface area (Å²) in [6.07, 6.45) is 3.23. The van der Waals surface area contributed by atoms with E-state index < -0.39 is 23.7 Å². The molecule has 0 fully saturated rings. The molecule has 1 aromatic rings. The number of carbonyl (C=O) groups excluding carboxylic acids is 3. The highest BCUT2D eigenvalue weighted by atomic mass is 16.5. The fourth-order valence-corrected chi connectivity index (χ4v) is 1.72. The van der Waals surface area contributed by atoms with Gasteiger partial charge in [0.05, 0.1) is 11.7 Å². The lowest BCUT2D eigenvalue weighted by atomic mass is 10.1. The van der Waals surface area contributed by atoms with Crippen LogP contribution in [0.5, 0.6) is 0 Å². The molecule has 1 atom stereocenters. The molecule has 8 nitrogen and oxygen atoms in total. The highest BCUT2D eigenvalue weighted by Gasteiger charge is 2.24. The van der Waals surface area contributed by atoms with Gasteiger partial charge in [-0.1, -0.05) is 0 Å². The van der Waals surface area contributed by atoms with E-state index >= 15 is 0 Å². The Morgan fingerprint density at radius 3 is 2.74 bits per heavy atom. The van der Waals surface area contributed by atoms with E-state index in [2.05, 4.69) is 15.1 Å². The molecular formula is C15H18N4O4. The second-order valence-electron chi connectivity index (χ2n) is 5.00. The zero-order valence-electron chi connectivity index (χ0n) is 12.9. The molecule has 0 unspecified atom stereocenters.